The molecular formula is C12H18N6O. The molecule has 1 heterocycles. The van der Waals surface area contributed by atoms with Gasteiger partial charge in [0.2, 0.25) is 0 Å². The van der Waals surface area contributed by atoms with Gasteiger partial charge in [0.25, 0.3) is 5.91 Å². The highest BCUT2D eigenvalue weighted by molar-refractivity contribution is 5.97. The molecule has 0 bridgehead atoms. The number of amides is 1. The first-order chi connectivity index (χ1) is 8.91. The third-order valence-electron chi connectivity index (χ3n) is 2.13. The predicted octanol–water partition coefficient (Wildman–Crippen LogP) is 0.203. The Kier molecular flexibility index (Phi) is 4.99. The fourth-order valence-corrected chi connectivity index (χ4v) is 1.18. The van der Waals surface area contributed by atoms with E-state index in [1.54, 1.807) is 56.2 Å². The largest absolute Gasteiger partial charge is 0.367 e. The molecule has 0 saturated carbocycles. The first-order valence-corrected chi connectivity index (χ1v) is 5.65. The molecule has 0 aliphatic rings. The van der Waals surface area contributed by atoms with Gasteiger partial charge in [-0.25, -0.2) is 10.4 Å². The zero-order chi connectivity index (χ0) is 14.4. The highest BCUT2D eigenvalue weighted by Crippen LogP contribution is 2.02. The van der Waals surface area contributed by atoms with Crippen LogP contribution in [-0.4, -0.2) is 61.1 Å². The van der Waals surface area contributed by atoms with Gasteiger partial charge >= 0.3 is 0 Å². The average molecular weight is 262 g/mol. The van der Waals surface area contributed by atoms with Crippen LogP contribution < -0.4 is 5.43 Å². The van der Waals surface area contributed by atoms with E-state index in [4.69, 9.17) is 5.41 Å². The molecule has 0 fully saturated rings. The van der Waals surface area contributed by atoms with Crippen molar-refractivity contribution in [3.05, 3.63) is 29.6 Å². The highest BCUT2D eigenvalue weighted by atomic mass is 16.2. The molecule has 1 aromatic heterocycles. The Labute approximate surface area is 112 Å². The first kappa shape index (κ1) is 14.6. The van der Waals surface area contributed by atoms with Crippen molar-refractivity contribution in [1.82, 2.24) is 20.2 Å². The molecule has 0 aliphatic carbocycles. The number of aromatic nitrogens is 1. The Morgan fingerprint density at radius 1 is 1.32 bits per heavy atom. The summed E-state index contributed by atoms with van der Waals surface area (Å²) in [7, 11) is 7.09. The third kappa shape index (κ3) is 4.38. The number of hydrogen-bond donors (Lipinski definition) is 2. The van der Waals surface area contributed by atoms with Crippen LogP contribution in [0, 0.1) is 5.41 Å². The standard InChI is InChI=1S/C12H18N6O/c1-17(2)8-14-16-12(19)10-7-5-6-9(15-10)11(13)18(3)4/h5-8,13H,1-4H3,(H,16,19). The number of hydrazone groups is 1. The molecule has 1 amide bonds. The van der Waals surface area contributed by atoms with Crippen LogP contribution in [0.15, 0.2) is 23.3 Å². The first-order valence-electron chi connectivity index (χ1n) is 5.65. The maximum Gasteiger partial charge on any atom is 0.290 e. The Morgan fingerprint density at radius 3 is 2.53 bits per heavy atom. The lowest BCUT2D eigenvalue weighted by Crippen LogP contribution is -2.25. The van der Waals surface area contributed by atoms with Crippen LogP contribution in [0.2, 0.25) is 0 Å². The second-order valence-electron chi connectivity index (χ2n) is 4.30. The number of hydrogen-bond acceptors (Lipinski definition) is 4. The molecule has 19 heavy (non-hydrogen) atoms. The molecule has 0 unspecified atom stereocenters. The van der Waals surface area contributed by atoms with Crippen molar-refractivity contribution in [3.63, 3.8) is 0 Å². The Balaban J connectivity index is 2.82. The zero-order valence-electron chi connectivity index (χ0n) is 11.5. The van der Waals surface area contributed by atoms with Gasteiger partial charge in [0.1, 0.15) is 23.6 Å². The number of nitrogens with zero attached hydrogens (tertiary/aromatic N) is 4. The summed E-state index contributed by atoms with van der Waals surface area (Å²) < 4.78 is 0. The van der Waals surface area contributed by atoms with E-state index in [2.05, 4.69) is 15.5 Å². The van der Waals surface area contributed by atoms with Crippen molar-refractivity contribution in [1.29, 1.82) is 5.41 Å². The fourth-order valence-electron chi connectivity index (χ4n) is 1.18. The van der Waals surface area contributed by atoms with Gasteiger partial charge in [-0.2, -0.15) is 5.10 Å². The van der Waals surface area contributed by atoms with Gasteiger partial charge in [0.15, 0.2) is 0 Å². The molecule has 0 aromatic carbocycles. The number of pyridine rings is 1. The van der Waals surface area contributed by atoms with Crippen molar-refractivity contribution in [2.24, 2.45) is 5.10 Å². The van der Waals surface area contributed by atoms with E-state index < -0.39 is 5.91 Å². The summed E-state index contributed by atoms with van der Waals surface area (Å²) in [5, 5.41) is 11.6. The predicted molar refractivity (Wildman–Crippen MR) is 74.4 cm³/mol. The number of carbonyl (C=O) groups is 1. The SMILES string of the molecule is CN(C)C=NNC(=O)c1cccc(C(=N)N(C)C)n1. The highest BCUT2D eigenvalue weighted by Gasteiger charge is 2.10. The third-order valence-corrected chi connectivity index (χ3v) is 2.13. The fraction of sp³-hybridized carbons (Fsp3) is 0.333. The molecule has 1 aromatic rings. The van der Waals surface area contributed by atoms with E-state index in [1.165, 1.54) is 6.34 Å². The van der Waals surface area contributed by atoms with Gasteiger partial charge in [-0.1, -0.05) is 6.07 Å². The topological polar surface area (TPSA) is 84.7 Å². The Hall–Kier alpha value is -2.44. The molecule has 0 aliphatic heterocycles. The van der Waals surface area contributed by atoms with Crippen LogP contribution in [0.3, 0.4) is 0 Å². The summed E-state index contributed by atoms with van der Waals surface area (Å²) in [6.07, 6.45) is 1.48. The maximum atomic E-state index is 11.8. The van der Waals surface area contributed by atoms with Gasteiger partial charge in [0, 0.05) is 28.2 Å². The van der Waals surface area contributed by atoms with Gasteiger partial charge in [0.05, 0.1) is 0 Å². The van der Waals surface area contributed by atoms with E-state index in [9.17, 15) is 4.79 Å². The van der Waals surface area contributed by atoms with Crippen LogP contribution in [0.1, 0.15) is 16.2 Å². The average Bonchev–Trinajstić information content (AvgIpc) is 2.37. The lowest BCUT2D eigenvalue weighted by Gasteiger charge is -2.13. The van der Waals surface area contributed by atoms with Crippen molar-refractivity contribution < 1.29 is 4.79 Å². The summed E-state index contributed by atoms with van der Waals surface area (Å²) in [6, 6.07) is 4.94. The van der Waals surface area contributed by atoms with E-state index >= 15 is 0 Å². The van der Waals surface area contributed by atoms with Gasteiger partial charge < -0.3 is 9.80 Å². The molecule has 0 radical (unpaired) electrons. The summed E-state index contributed by atoms with van der Waals surface area (Å²) >= 11 is 0. The van der Waals surface area contributed by atoms with Crippen molar-refractivity contribution >= 4 is 18.1 Å². The number of nitrogens with one attached hydrogen (secondary N) is 2. The smallest absolute Gasteiger partial charge is 0.290 e. The van der Waals surface area contributed by atoms with Crippen molar-refractivity contribution in [2.45, 2.75) is 0 Å². The lowest BCUT2D eigenvalue weighted by molar-refractivity contribution is 0.0949. The molecule has 7 heteroatoms. The monoisotopic (exact) mass is 262 g/mol. The number of carbonyl (C=O) groups excluding carboxylic acids is 1. The molecule has 102 valence electrons. The molecule has 0 spiro atoms. The minimum Gasteiger partial charge on any atom is -0.367 e. The van der Waals surface area contributed by atoms with Crippen LogP contribution in [0.25, 0.3) is 0 Å². The second kappa shape index (κ2) is 6.48. The van der Waals surface area contributed by atoms with Crippen LogP contribution in [0.4, 0.5) is 0 Å². The summed E-state index contributed by atoms with van der Waals surface area (Å²) in [5.74, 6) is -0.169. The maximum absolute atomic E-state index is 11.8. The minimum absolute atomic E-state index is 0.222. The molecule has 0 atom stereocenters. The Morgan fingerprint density at radius 2 is 1.95 bits per heavy atom. The molecule has 1 rings (SSSR count). The second-order valence-corrected chi connectivity index (χ2v) is 4.30. The summed E-state index contributed by atoms with van der Waals surface area (Å²) in [4.78, 5) is 19.2. The van der Waals surface area contributed by atoms with Crippen LogP contribution >= 0.6 is 0 Å². The van der Waals surface area contributed by atoms with Crippen molar-refractivity contribution in [3.8, 4) is 0 Å². The van der Waals surface area contributed by atoms with Crippen LogP contribution in [-0.2, 0) is 0 Å². The molecular weight excluding hydrogens is 244 g/mol. The Bertz CT molecular complexity index is 495. The summed E-state index contributed by atoms with van der Waals surface area (Å²) in [5.41, 5.74) is 3.03. The van der Waals surface area contributed by atoms with Crippen LogP contribution in [0.5, 0.6) is 0 Å². The van der Waals surface area contributed by atoms with E-state index in [-0.39, 0.29) is 11.5 Å². The zero-order valence-corrected chi connectivity index (χ0v) is 11.5. The summed E-state index contributed by atoms with van der Waals surface area (Å²) in [6.45, 7) is 0. The van der Waals surface area contributed by atoms with Gasteiger partial charge in [-0.15, -0.1) is 0 Å². The quantitative estimate of drug-likeness (QED) is 0.461. The van der Waals surface area contributed by atoms with Crippen molar-refractivity contribution in [2.75, 3.05) is 28.2 Å². The molecule has 7 nitrogen and oxygen atoms in total. The number of rotatable bonds is 4. The van der Waals surface area contributed by atoms with E-state index in [1.807, 2.05) is 0 Å². The molecule has 2 N–H and O–H groups in total. The van der Waals surface area contributed by atoms with Gasteiger partial charge in [-0.3, -0.25) is 10.2 Å². The normalized spacial score (nSPS) is 10.3. The minimum atomic E-state index is -0.411. The van der Waals surface area contributed by atoms with Gasteiger partial charge in [-0.05, 0) is 12.1 Å². The van der Waals surface area contributed by atoms with E-state index in [0.29, 0.717) is 5.69 Å². The lowest BCUT2D eigenvalue weighted by atomic mass is 10.2. The number of amidine groups is 1. The van der Waals surface area contributed by atoms with E-state index in [0.717, 1.165) is 0 Å². The molecule has 0 saturated heterocycles.